The maximum absolute atomic E-state index is 13.8. The molecule has 0 aliphatic rings. The summed E-state index contributed by atoms with van der Waals surface area (Å²) in [5, 5.41) is 0. The van der Waals surface area contributed by atoms with Gasteiger partial charge in [0.05, 0.1) is 22.9 Å². The number of halogens is 3. The summed E-state index contributed by atoms with van der Waals surface area (Å²) in [6.07, 6.45) is 0. The van der Waals surface area contributed by atoms with Crippen molar-refractivity contribution in [2.45, 2.75) is 6.54 Å². The van der Waals surface area contributed by atoms with Crippen molar-refractivity contribution in [3.05, 3.63) is 64.2 Å². The van der Waals surface area contributed by atoms with Crippen molar-refractivity contribution in [2.75, 3.05) is 7.11 Å². The zero-order valence-corrected chi connectivity index (χ0v) is 14.1. The molecule has 9 heteroatoms. The standard InChI is InChI=1S/C17H11F3N2O3S/c1-25-15(23)8-22-13-5-3-10(19)7-14(13)26-17(22)21-16(24)11-4-2-9(18)6-12(11)20/h2-7H,8H2,1H3. The Morgan fingerprint density at radius 2 is 1.81 bits per heavy atom. The van der Waals surface area contributed by atoms with Crippen LogP contribution in [0.1, 0.15) is 10.4 Å². The fourth-order valence-corrected chi connectivity index (χ4v) is 3.34. The Balaban J connectivity index is 2.15. The van der Waals surface area contributed by atoms with Gasteiger partial charge in [0, 0.05) is 6.07 Å². The van der Waals surface area contributed by atoms with Gasteiger partial charge in [0.1, 0.15) is 24.0 Å². The lowest BCUT2D eigenvalue weighted by atomic mass is 10.2. The number of ether oxygens (including phenoxy) is 1. The lowest BCUT2D eigenvalue weighted by Gasteiger charge is -2.03. The minimum atomic E-state index is -1.05. The zero-order valence-electron chi connectivity index (χ0n) is 13.3. The number of benzene rings is 2. The molecule has 3 aromatic rings. The highest BCUT2D eigenvalue weighted by atomic mass is 32.1. The number of methoxy groups -OCH3 is 1. The predicted molar refractivity (Wildman–Crippen MR) is 88.0 cm³/mol. The molecule has 134 valence electrons. The van der Waals surface area contributed by atoms with Crippen molar-refractivity contribution in [2.24, 2.45) is 4.99 Å². The second-order valence-electron chi connectivity index (χ2n) is 5.20. The molecule has 1 heterocycles. The average Bonchev–Trinajstić information content (AvgIpc) is 2.90. The third kappa shape index (κ3) is 3.52. The van der Waals surface area contributed by atoms with Crippen LogP contribution in [-0.4, -0.2) is 23.6 Å². The predicted octanol–water partition coefficient (Wildman–Crippen LogP) is 3.03. The number of aromatic nitrogens is 1. The molecule has 0 fully saturated rings. The van der Waals surface area contributed by atoms with Crippen molar-refractivity contribution in [1.82, 2.24) is 4.57 Å². The first-order valence-electron chi connectivity index (χ1n) is 7.29. The second-order valence-corrected chi connectivity index (χ2v) is 6.21. The Labute approximate surface area is 149 Å². The summed E-state index contributed by atoms with van der Waals surface area (Å²) in [6.45, 7) is -0.264. The van der Waals surface area contributed by atoms with Crippen LogP contribution in [0, 0.1) is 17.5 Å². The molecule has 2 aromatic carbocycles. The van der Waals surface area contributed by atoms with E-state index in [1.807, 2.05) is 0 Å². The van der Waals surface area contributed by atoms with E-state index in [1.165, 1.54) is 29.9 Å². The lowest BCUT2D eigenvalue weighted by Crippen LogP contribution is -2.22. The van der Waals surface area contributed by atoms with E-state index in [0.717, 1.165) is 23.5 Å². The van der Waals surface area contributed by atoms with Crippen LogP contribution >= 0.6 is 11.3 Å². The van der Waals surface area contributed by atoms with Crippen LogP contribution in [0.2, 0.25) is 0 Å². The molecule has 0 spiro atoms. The molecule has 5 nitrogen and oxygen atoms in total. The Kier molecular flexibility index (Phi) is 4.90. The van der Waals surface area contributed by atoms with Crippen molar-refractivity contribution < 1.29 is 27.5 Å². The van der Waals surface area contributed by atoms with Crippen LogP contribution in [0.15, 0.2) is 41.4 Å². The second kappa shape index (κ2) is 7.12. The van der Waals surface area contributed by atoms with E-state index in [0.29, 0.717) is 16.3 Å². The topological polar surface area (TPSA) is 60.7 Å². The summed E-state index contributed by atoms with van der Waals surface area (Å²) in [7, 11) is 1.20. The van der Waals surface area contributed by atoms with Crippen molar-refractivity contribution in [3.63, 3.8) is 0 Å². The number of esters is 1. The Morgan fingerprint density at radius 1 is 1.12 bits per heavy atom. The number of hydrogen-bond acceptors (Lipinski definition) is 4. The maximum atomic E-state index is 13.8. The van der Waals surface area contributed by atoms with E-state index in [-0.39, 0.29) is 11.3 Å². The van der Waals surface area contributed by atoms with Gasteiger partial charge in [-0.05, 0) is 30.3 Å². The maximum Gasteiger partial charge on any atom is 0.325 e. The Hall–Kier alpha value is -2.94. The minimum Gasteiger partial charge on any atom is -0.468 e. The van der Waals surface area contributed by atoms with Gasteiger partial charge < -0.3 is 9.30 Å². The molecule has 0 aliphatic carbocycles. The number of thiazole rings is 1. The molecule has 1 amide bonds. The van der Waals surface area contributed by atoms with E-state index < -0.39 is 34.9 Å². The van der Waals surface area contributed by atoms with Gasteiger partial charge in [-0.1, -0.05) is 11.3 Å². The molecular formula is C17H11F3N2O3S. The van der Waals surface area contributed by atoms with Gasteiger partial charge in [-0.2, -0.15) is 4.99 Å². The highest BCUT2D eigenvalue weighted by Gasteiger charge is 2.15. The van der Waals surface area contributed by atoms with Crippen molar-refractivity contribution in [1.29, 1.82) is 0 Å². The van der Waals surface area contributed by atoms with Gasteiger partial charge in [-0.15, -0.1) is 0 Å². The highest BCUT2D eigenvalue weighted by Crippen LogP contribution is 2.19. The number of carbonyl (C=O) groups excluding carboxylic acids is 2. The summed E-state index contributed by atoms with van der Waals surface area (Å²) in [5.74, 6) is -3.92. The summed E-state index contributed by atoms with van der Waals surface area (Å²) in [4.78, 5) is 27.8. The number of fused-ring (bicyclic) bond motifs is 1. The first-order chi connectivity index (χ1) is 12.4. The van der Waals surface area contributed by atoms with E-state index >= 15 is 0 Å². The first-order valence-corrected chi connectivity index (χ1v) is 8.10. The van der Waals surface area contributed by atoms with Gasteiger partial charge in [-0.25, -0.2) is 13.2 Å². The van der Waals surface area contributed by atoms with Gasteiger partial charge in [-0.3, -0.25) is 9.59 Å². The zero-order chi connectivity index (χ0) is 18.8. The van der Waals surface area contributed by atoms with Gasteiger partial charge in [0.25, 0.3) is 5.91 Å². The minimum absolute atomic E-state index is 0.0599. The van der Waals surface area contributed by atoms with Crippen LogP contribution in [-0.2, 0) is 16.1 Å². The molecule has 0 atom stereocenters. The van der Waals surface area contributed by atoms with Gasteiger partial charge in [0.15, 0.2) is 4.80 Å². The van der Waals surface area contributed by atoms with Gasteiger partial charge in [0.2, 0.25) is 0 Å². The SMILES string of the molecule is COC(=O)Cn1c(=NC(=O)c2ccc(F)cc2F)sc2cc(F)ccc21. The number of amides is 1. The van der Waals surface area contributed by atoms with Crippen molar-refractivity contribution >= 4 is 33.4 Å². The van der Waals surface area contributed by atoms with Crippen LogP contribution in [0.5, 0.6) is 0 Å². The fraction of sp³-hybridized carbons (Fsp3) is 0.118. The van der Waals surface area contributed by atoms with E-state index in [1.54, 1.807) is 0 Å². The van der Waals surface area contributed by atoms with E-state index in [9.17, 15) is 22.8 Å². The normalized spacial score (nSPS) is 11.8. The van der Waals surface area contributed by atoms with Gasteiger partial charge >= 0.3 is 5.97 Å². The first kappa shape index (κ1) is 17.9. The molecule has 0 bridgehead atoms. The summed E-state index contributed by atoms with van der Waals surface area (Å²) < 4.78 is 46.6. The third-order valence-electron chi connectivity index (χ3n) is 3.52. The molecule has 0 N–H and O–H groups in total. The van der Waals surface area contributed by atoms with Crippen LogP contribution in [0.4, 0.5) is 13.2 Å². The highest BCUT2D eigenvalue weighted by molar-refractivity contribution is 7.16. The lowest BCUT2D eigenvalue weighted by molar-refractivity contribution is -0.141. The Morgan fingerprint density at radius 3 is 2.50 bits per heavy atom. The van der Waals surface area contributed by atoms with Crippen LogP contribution in [0.3, 0.4) is 0 Å². The summed E-state index contributed by atoms with van der Waals surface area (Å²) in [5.41, 5.74) is 0.0487. The molecule has 0 aliphatic heterocycles. The number of rotatable bonds is 3. The molecule has 0 saturated carbocycles. The fourth-order valence-electron chi connectivity index (χ4n) is 2.29. The molecule has 0 saturated heterocycles. The smallest absolute Gasteiger partial charge is 0.325 e. The third-order valence-corrected chi connectivity index (χ3v) is 4.56. The molecule has 3 rings (SSSR count). The number of carbonyl (C=O) groups is 2. The van der Waals surface area contributed by atoms with Crippen molar-refractivity contribution in [3.8, 4) is 0 Å². The van der Waals surface area contributed by atoms with E-state index in [4.69, 9.17) is 0 Å². The summed E-state index contributed by atoms with van der Waals surface area (Å²) >= 11 is 0.954. The van der Waals surface area contributed by atoms with Crippen LogP contribution in [0.25, 0.3) is 10.2 Å². The number of nitrogens with zero attached hydrogens (tertiary/aromatic N) is 2. The molecule has 1 aromatic heterocycles. The average molecular weight is 380 g/mol. The summed E-state index contributed by atoms with van der Waals surface area (Å²) in [6, 6.07) is 6.37. The molecule has 26 heavy (non-hydrogen) atoms. The number of hydrogen-bond donors (Lipinski definition) is 0. The monoisotopic (exact) mass is 380 g/mol. The van der Waals surface area contributed by atoms with Crippen LogP contribution < -0.4 is 4.80 Å². The molecular weight excluding hydrogens is 369 g/mol. The van der Waals surface area contributed by atoms with E-state index in [2.05, 4.69) is 9.73 Å². The molecule has 0 radical (unpaired) electrons. The Bertz CT molecular complexity index is 1090. The molecule has 0 unspecified atom stereocenters. The quantitative estimate of drug-likeness (QED) is 0.657. The largest absolute Gasteiger partial charge is 0.468 e.